The number of aliphatic hydroxyl groups is 1. The number of nitrogens with one attached hydrogen (secondary N) is 2. The molecule has 214 valence electrons. The van der Waals surface area contributed by atoms with Crippen LogP contribution in [0.4, 0.5) is 5.69 Å². The summed E-state index contributed by atoms with van der Waals surface area (Å²) >= 11 is 3.69. The summed E-state index contributed by atoms with van der Waals surface area (Å²) in [5.74, 6) is -2.12. The van der Waals surface area contributed by atoms with Gasteiger partial charge in [0.2, 0.25) is 17.7 Å². The molecule has 3 aliphatic heterocycles. The summed E-state index contributed by atoms with van der Waals surface area (Å²) in [5, 5.41) is 16.3. The van der Waals surface area contributed by atoms with Crippen molar-refractivity contribution < 1.29 is 29.0 Å². The van der Waals surface area contributed by atoms with E-state index in [-0.39, 0.29) is 41.6 Å². The van der Waals surface area contributed by atoms with Crippen LogP contribution in [0.1, 0.15) is 32.8 Å². The number of ether oxygens (including phenoxy) is 2. The highest BCUT2D eigenvalue weighted by atomic mass is 79.9. The SMILES string of the molecule is CCOc1ccc(NC(=O)[C@H]2[C@H]3C(=O)N([C@@H](CO)C(C)C)C(C(=O)NCc4ccccc4)C34CC(Br)[C@@H]2O4)cc1. The smallest absolute Gasteiger partial charge is 0.246 e. The topological polar surface area (TPSA) is 117 Å². The van der Waals surface area contributed by atoms with Gasteiger partial charge in [0.15, 0.2) is 0 Å². The van der Waals surface area contributed by atoms with Gasteiger partial charge < -0.3 is 30.1 Å². The van der Waals surface area contributed by atoms with Crippen molar-refractivity contribution in [2.24, 2.45) is 17.8 Å². The molecule has 1 spiro atoms. The van der Waals surface area contributed by atoms with E-state index in [1.54, 1.807) is 24.3 Å². The van der Waals surface area contributed by atoms with Crippen molar-refractivity contribution in [2.45, 2.75) is 62.4 Å². The van der Waals surface area contributed by atoms with Crippen LogP contribution in [0.25, 0.3) is 0 Å². The fourth-order valence-electron chi connectivity index (χ4n) is 6.55. The number of amides is 3. The minimum Gasteiger partial charge on any atom is -0.494 e. The van der Waals surface area contributed by atoms with Gasteiger partial charge in [-0.05, 0) is 49.1 Å². The zero-order valence-electron chi connectivity index (χ0n) is 22.9. The molecule has 0 aromatic heterocycles. The Morgan fingerprint density at radius 1 is 1.15 bits per heavy atom. The fourth-order valence-corrected chi connectivity index (χ4v) is 7.50. The van der Waals surface area contributed by atoms with Crippen molar-refractivity contribution in [2.75, 3.05) is 18.5 Å². The van der Waals surface area contributed by atoms with E-state index in [1.165, 1.54) is 4.90 Å². The van der Waals surface area contributed by atoms with Gasteiger partial charge >= 0.3 is 0 Å². The Bertz CT molecular complexity index is 1240. The van der Waals surface area contributed by atoms with Crippen molar-refractivity contribution in [3.8, 4) is 5.75 Å². The Morgan fingerprint density at radius 2 is 1.85 bits per heavy atom. The number of rotatable bonds is 10. The highest BCUT2D eigenvalue weighted by Crippen LogP contribution is 2.60. The number of carbonyl (C=O) groups excluding carboxylic acids is 3. The monoisotopic (exact) mass is 613 g/mol. The first kappa shape index (κ1) is 28.6. The van der Waals surface area contributed by atoms with Gasteiger partial charge in [-0.2, -0.15) is 0 Å². The average molecular weight is 615 g/mol. The molecule has 2 bridgehead atoms. The highest BCUT2D eigenvalue weighted by Gasteiger charge is 2.77. The molecule has 3 fully saturated rings. The average Bonchev–Trinajstić information content (AvgIpc) is 3.53. The van der Waals surface area contributed by atoms with Crippen LogP contribution in [0.15, 0.2) is 54.6 Å². The first-order valence-corrected chi connectivity index (χ1v) is 14.7. The highest BCUT2D eigenvalue weighted by molar-refractivity contribution is 9.09. The normalized spacial score (nSPS) is 29.4. The molecule has 0 radical (unpaired) electrons. The second kappa shape index (κ2) is 11.5. The molecule has 3 heterocycles. The zero-order chi connectivity index (χ0) is 28.6. The number of alkyl halides is 1. The Balaban J connectivity index is 1.46. The lowest BCUT2D eigenvalue weighted by Crippen LogP contribution is -2.59. The van der Waals surface area contributed by atoms with E-state index in [2.05, 4.69) is 26.6 Å². The predicted molar refractivity (Wildman–Crippen MR) is 153 cm³/mol. The molecule has 3 aliphatic rings. The van der Waals surface area contributed by atoms with Gasteiger partial charge in [-0.25, -0.2) is 0 Å². The largest absolute Gasteiger partial charge is 0.494 e. The number of fused-ring (bicyclic) bond motifs is 1. The third-order valence-corrected chi connectivity index (χ3v) is 9.18. The molecule has 9 nitrogen and oxygen atoms in total. The molecule has 3 saturated heterocycles. The zero-order valence-corrected chi connectivity index (χ0v) is 24.5. The summed E-state index contributed by atoms with van der Waals surface area (Å²) < 4.78 is 12.0. The summed E-state index contributed by atoms with van der Waals surface area (Å²) in [5.41, 5.74) is 0.303. The minimum atomic E-state index is -1.19. The second-order valence-electron chi connectivity index (χ2n) is 11.1. The first-order valence-electron chi connectivity index (χ1n) is 13.8. The third-order valence-electron chi connectivity index (χ3n) is 8.33. The number of anilines is 1. The van der Waals surface area contributed by atoms with E-state index in [1.807, 2.05) is 51.1 Å². The molecule has 3 unspecified atom stereocenters. The number of benzene rings is 2. The maximum absolute atomic E-state index is 14.2. The predicted octanol–water partition coefficient (Wildman–Crippen LogP) is 3.11. The van der Waals surface area contributed by atoms with E-state index in [4.69, 9.17) is 9.47 Å². The van der Waals surface area contributed by atoms with Crippen LogP contribution in [0, 0.1) is 17.8 Å². The van der Waals surface area contributed by atoms with Gasteiger partial charge in [-0.15, -0.1) is 0 Å². The van der Waals surface area contributed by atoms with Crippen LogP contribution in [0.3, 0.4) is 0 Å². The van der Waals surface area contributed by atoms with Crippen LogP contribution in [-0.4, -0.2) is 69.6 Å². The van der Waals surface area contributed by atoms with Crippen LogP contribution >= 0.6 is 15.9 Å². The van der Waals surface area contributed by atoms with E-state index in [9.17, 15) is 19.5 Å². The van der Waals surface area contributed by atoms with Crippen LogP contribution < -0.4 is 15.4 Å². The summed E-state index contributed by atoms with van der Waals surface area (Å²) in [6.07, 6.45) is -0.174. The number of aliphatic hydroxyl groups excluding tert-OH is 1. The molecular formula is C30H36BrN3O6. The molecule has 3 amide bonds. The standard InChI is InChI=1S/C30H36BrN3O6/c1-4-39-20-12-10-19(11-13-20)33-27(36)23-24-29(38)34(22(16-35)17(2)3)26(30(24)14-21(31)25(23)40-30)28(37)32-15-18-8-6-5-7-9-18/h5-13,17,21-26,35H,4,14-16H2,1-3H3,(H,32,37)(H,33,36)/t21?,22-,23-,24-,25-,26?,30?/m0/s1. The molecule has 2 aromatic carbocycles. The Kier molecular flexibility index (Phi) is 8.22. The molecule has 7 atom stereocenters. The summed E-state index contributed by atoms with van der Waals surface area (Å²) in [4.78, 5) is 43.1. The number of hydrogen-bond donors (Lipinski definition) is 3. The molecule has 5 rings (SSSR count). The van der Waals surface area contributed by atoms with Crippen LogP contribution in [0.2, 0.25) is 0 Å². The molecule has 10 heteroatoms. The van der Waals surface area contributed by atoms with E-state index >= 15 is 0 Å². The van der Waals surface area contributed by atoms with Crippen molar-refractivity contribution in [3.63, 3.8) is 0 Å². The van der Waals surface area contributed by atoms with Crippen molar-refractivity contribution >= 4 is 39.3 Å². The van der Waals surface area contributed by atoms with E-state index in [0.717, 1.165) is 5.56 Å². The lowest BCUT2D eigenvalue weighted by atomic mass is 9.70. The van der Waals surface area contributed by atoms with Crippen LogP contribution in [0.5, 0.6) is 5.75 Å². The number of nitrogens with zero attached hydrogens (tertiary/aromatic N) is 1. The maximum Gasteiger partial charge on any atom is 0.246 e. The van der Waals surface area contributed by atoms with E-state index < -0.39 is 35.6 Å². The van der Waals surface area contributed by atoms with Gasteiger partial charge in [0.05, 0.1) is 37.2 Å². The fraction of sp³-hybridized carbons (Fsp3) is 0.500. The number of carbonyl (C=O) groups is 3. The van der Waals surface area contributed by atoms with Gasteiger partial charge in [0, 0.05) is 17.1 Å². The summed E-state index contributed by atoms with van der Waals surface area (Å²) in [6, 6.07) is 15.0. The minimum absolute atomic E-state index is 0.123. The molecule has 2 aromatic rings. The van der Waals surface area contributed by atoms with Crippen molar-refractivity contribution in [3.05, 3.63) is 60.2 Å². The Morgan fingerprint density at radius 3 is 2.48 bits per heavy atom. The molecule has 0 aliphatic carbocycles. The number of halogens is 1. The third kappa shape index (κ3) is 4.90. The Labute approximate surface area is 242 Å². The summed E-state index contributed by atoms with van der Waals surface area (Å²) in [6.45, 7) is 6.22. The lowest BCUT2D eigenvalue weighted by molar-refractivity contribution is -0.146. The summed E-state index contributed by atoms with van der Waals surface area (Å²) in [7, 11) is 0. The quantitative estimate of drug-likeness (QED) is 0.355. The lowest BCUT2D eigenvalue weighted by Gasteiger charge is -2.38. The van der Waals surface area contributed by atoms with E-state index in [0.29, 0.717) is 24.5 Å². The molecule has 40 heavy (non-hydrogen) atoms. The molecule has 3 N–H and O–H groups in total. The number of hydrogen-bond acceptors (Lipinski definition) is 6. The maximum atomic E-state index is 14.2. The van der Waals surface area contributed by atoms with Crippen LogP contribution in [-0.2, 0) is 25.7 Å². The second-order valence-corrected chi connectivity index (χ2v) is 12.2. The van der Waals surface area contributed by atoms with Crippen molar-refractivity contribution in [1.82, 2.24) is 10.2 Å². The number of likely N-dealkylation sites (tertiary alicyclic amines) is 1. The van der Waals surface area contributed by atoms with Gasteiger partial charge in [0.1, 0.15) is 17.4 Å². The Hall–Kier alpha value is -2.95. The molecular weight excluding hydrogens is 578 g/mol. The van der Waals surface area contributed by atoms with Gasteiger partial charge in [0.25, 0.3) is 0 Å². The molecule has 0 saturated carbocycles. The van der Waals surface area contributed by atoms with Gasteiger partial charge in [-0.3, -0.25) is 14.4 Å². The van der Waals surface area contributed by atoms with Gasteiger partial charge in [-0.1, -0.05) is 60.1 Å². The first-order chi connectivity index (χ1) is 19.2. The van der Waals surface area contributed by atoms with Crippen molar-refractivity contribution in [1.29, 1.82) is 0 Å².